The number of aromatic nitrogens is 2. The second-order valence-corrected chi connectivity index (χ2v) is 5.58. The number of ether oxygens (including phenoxy) is 2. The molecule has 1 amide bonds. The quantitative estimate of drug-likeness (QED) is 0.672. The standard InChI is InChI=1S/C19H21N3O3/c1-24-16-8-3-7-15(17(16)25-2)19(23)21-11-5-12-22-13-9-14-6-4-10-20-18(14)22/h3-4,6-10,13H,5,11-12H2,1-2H3,(H,21,23). The average Bonchev–Trinajstić information content (AvgIpc) is 3.07. The Morgan fingerprint density at radius 2 is 2.04 bits per heavy atom. The molecule has 0 saturated heterocycles. The molecule has 6 heteroatoms. The number of nitrogens with zero attached hydrogens (tertiary/aromatic N) is 2. The molecule has 0 aliphatic rings. The van der Waals surface area contributed by atoms with Crippen LogP contribution < -0.4 is 14.8 Å². The van der Waals surface area contributed by atoms with Crippen molar-refractivity contribution in [1.82, 2.24) is 14.9 Å². The van der Waals surface area contributed by atoms with Crippen molar-refractivity contribution in [2.75, 3.05) is 20.8 Å². The molecule has 0 aliphatic carbocycles. The van der Waals surface area contributed by atoms with Gasteiger partial charge in [0.1, 0.15) is 5.65 Å². The van der Waals surface area contributed by atoms with Gasteiger partial charge in [0, 0.05) is 30.9 Å². The summed E-state index contributed by atoms with van der Waals surface area (Å²) < 4.78 is 12.6. The van der Waals surface area contributed by atoms with Gasteiger partial charge in [0.2, 0.25) is 0 Å². The summed E-state index contributed by atoms with van der Waals surface area (Å²) in [6, 6.07) is 11.3. The van der Waals surface area contributed by atoms with Crippen molar-refractivity contribution in [1.29, 1.82) is 0 Å². The summed E-state index contributed by atoms with van der Waals surface area (Å²) in [5.74, 6) is 0.814. The largest absolute Gasteiger partial charge is 0.493 e. The number of para-hydroxylation sites is 1. The van der Waals surface area contributed by atoms with E-state index >= 15 is 0 Å². The van der Waals surface area contributed by atoms with Crippen LogP contribution in [0.3, 0.4) is 0 Å². The Kier molecular flexibility index (Phi) is 5.18. The molecule has 0 radical (unpaired) electrons. The molecule has 130 valence electrons. The van der Waals surface area contributed by atoms with Gasteiger partial charge in [-0.3, -0.25) is 4.79 Å². The van der Waals surface area contributed by atoms with Gasteiger partial charge in [-0.15, -0.1) is 0 Å². The first-order chi connectivity index (χ1) is 12.2. The van der Waals surface area contributed by atoms with E-state index in [9.17, 15) is 4.79 Å². The minimum atomic E-state index is -0.175. The average molecular weight is 339 g/mol. The number of carbonyl (C=O) groups excluding carboxylic acids is 1. The molecule has 1 N–H and O–H groups in total. The molecule has 0 unspecified atom stereocenters. The van der Waals surface area contributed by atoms with Crippen LogP contribution >= 0.6 is 0 Å². The summed E-state index contributed by atoms with van der Waals surface area (Å²) in [6.07, 6.45) is 4.61. The number of hydrogen-bond donors (Lipinski definition) is 1. The molecule has 0 bridgehead atoms. The lowest BCUT2D eigenvalue weighted by Crippen LogP contribution is -2.25. The number of amides is 1. The molecular formula is C19H21N3O3. The first-order valence-corrected chi connectivity index (χ1v) is 8.13. The molecule has 0 spiro atoms. The van der Waals surface area contributed by atoms with E-state index in [2.05, 4.69) is 14.9 Å². The Hall–Kier alpha value is -3.02. The van der Waals surface area contributed by atoms with Gasteiger partial charge in [-0.1, -0.05) is 6.07 Å². The number of methoxy groups -OCH3 is 2. The third-order valence-electron chi connectivity index (χ3n) is 4.03. The SMILES string of the molecule is COc1cccc(C(=O)NCCCn2ccc3cccnc32)c1OC. The van der Waals surface area contributed by atoms with E-state index in [0.29, 0.717) is 23.6 Å². The van der Waals surface area contributed by atoms with Crippen molar-refractivity contribution in [3.63, 3.8) is 0 Å². The van der Waals surface area contributed by atoms with Crippen molar-refractivity contribution in [3.8, 4) is 11.5 Å². The van der Waals surface area contributed by atoms with Crippen LogP contribution in [0.5, 0.6) is 11.5 Å². The number of rotatable bonds is 7. The molecule has 3 rings (SSSR count). The van der Waals surface area contributed by atoms with E-state index in [1.807, 2.05) is 24.4 Å². The fourth-order valence-electron chi connectivity index (χ4n) is 2.81. The lowest BCUT2D eigenvalue weighted by molar-refractivity contribution is 0.0949. The van der Waals surface area contributed by atoms with Crippen LogP contribution in [-0.4, -0.2) is 36.2 Å². The molecule has 0 saturated carbocycles. The Balaban J connectivity index is 1.58. The monoisotopic (exact) mass is 339 g/mol. The summed E-state index contributed by atoms with van der Waals surface area (Å²) in [5.41, 5.74) is 1.43. The van der Waals surface area contributed by atoms with Crippen molar-refractivity contribution >= 4 is 16.9 Å². The highest BCUT2D eigenvalue weighted by atomic mass is 16.5. The lowest BCUT2D eigenvalue weighted by atomic mass is 10.1. The van der Waals surface area contributed by atoms with Crippen molar-refractivity contribution in [2.24, 2.45) is 0 Å². The molecule has 3 aromatic rings. The van der Waals surface area contributed by atoms with Gasteiger partial charge in [-0.25, -0.2) is 4.98 Å². The molecule has 2 heterocycles. The maximum atomic E-state index is 12.4. The Morgan fingerprint density at radius 1 is 1.16 bits per heavy atom. The van der Waals surface area contributed by atoms with Crippen LogP contribution in [0.4, 0.5) is 0 Å². The van der Waals surface area contributed by atoms with Gasteiger partial charge in [0.15, 0.2) is 11.5 Å². The smallest absolute Gasteiger partial charge is 0.255 e. The van der Waals surface area contributed by atoms with E-state index in [1.165, 1.54) is 7.11 Å². The highest BCUT2D eigenvalue weighted by molar-refractivity contribution is 5.97. The van der Waals surface area contributed by atoms with Crippen molar-refractivity contribution in [2.45, 2.75) is 13.0 Å². The molecule has 0 aliphatic heterocycles. The van der Waals surface area contributed by atoms with Gasteiger partial charge in [-0.2, -0.15) is 0 Å². The molecule has 25 heavy (non-hydrogen) atoms. The Labute approximate surface area is 146 Å². The number of fused-ring (bicyclic) bond motifs is 1. The fraction of sp³-hybridized carbons (Fsp3) is 0.263. The van der Waals surface area contributed by atoms with E-state index < -0.39 is 0 Å². The molecule has 0 fully saturated rings. The number of pyridine rings is 1. The third kappa shape index (κ3) is 3.57. The normalized spacial score (nSPS) is 10.6. The van der Waals surface area contributed by atoms with Gasteiger partial charge in [-0.05, 0) is 36.8 Å². The summed E-state index contributed by atoms with van der Waals surface area (Å²) in [4.78, 5) is 16.8. The predicted octanol–water partition coefficient (Wildman–Crippen LogP) is 2.87. The number of nitrogens with one attached hydrogen (secondary N) is 1. The highest BCUT2D eigenvalue weighted by Crippen LogP contribution is 2.30. The van der Waals surface area contributed by atoms with Gasteiger partial charge < -0.3 is 19.4 Å². The van der Waals surface area contributed by atoms with Gasteiger partial charge in [0.25, 0.3) is 5.91 Å². The van der Waals surface area contributed by atoms with Crippen LogP contribution in [-0.2, 0) is 6.54 Å². The fourth-order valence-corrected chi connectivity index (χ4v) is 2.81. The highest BCUT2D eigenvalue weighted by Gasteiger charge is 2.15. The van der Waals surface area contributed by atoms with E-state index in [4.69, 9.17) is 9.47 Å². The second kappa shape index (κ2) is 7.70. The van der Waals surface area contributed by atoms with Crippen LogP contribution in [0.2, 0.25) is 0 Å². The Morgan fingerprint density at radius 3 is 2.84 bits per heavy atom. The maximum absolute atomic E-state index is 12.4. The van der Waals surface area contributed by atoms with Crippen molar-refractivity contribution in [3.05, 3.63) is 54.4 Å². The molecule has 2 aromatic heterocycles. The zero-order chi connectivity index (χ0) is 17.6. The number of hydrogen-bond acceptors (Lipinski definition) is 4. The van der Waals surface area contributed by atoms with E-state index in [0.717, 1.165) is 24.0 Å². The van der Waals surface area contributed by atoms with Crippen LogP contribution in [0.15, 0.2) is 48.8 Å². The summed E-state index contributed by atoms with van der Waals surface area (Å²) in [5, 5.41) is 4.05. The van der Waals surface area contributed by atoms with Crippen LogP contribution in [0.25, 0.3) is 11.0 Å². The molecule has 6 nitrogen and oxygen atoms in total. The molecule has 1 aromatic carbocycles. The van der Waals surface area contributed by atoms with Gasteiger partial charge >= 0.3 is 0 Å². The summed E-state index contributed by atoms with van der Waals surface area (Å²) in [6.45, 7) is 1.35. The summed E-state index contributed by atoms with van der Waals surface area (Å²) in [7, 11) is 3.08. The number of carbonyl (C=O) groups is 1. The van der Waals surface area contributed by atoms with Gasteiger partial charge in [0.05, 0.1) is 19.8 Å². The minimum absolute atomic E-state index is 0.175. The maximum Gasteiger partial charge on any atom is 0.255 e. The molecular weight excluding hydrogens is 318 g/mol. The van der Waals surface area contributed by atoms with E-state index in [-0.39, 0.29) is 5.91 Å². The third-order valence-corrected chi connectivity index (χ3v) is 4.03. The zero-order valence-corrected chi connectivity index (χ0v) is 14.4. The Bertz CT molecular complexity index is 873. The zero-order valence-electron chi connectivity index (χ0n) is 14.4. The topological polar surface area (TPSA) is 65.4 Å². The van der Waals surface area contributed by atoms with Crippen LogP contribution in [0, 0.1) is 0 Å². The number of benzene rings is 1. The first kappa shape index (κ1) is 16.8. The second-order valence-electron chi connectivity index (χ2n) is 5.58. The summed E-state index contributed by atoms with van der Waals surface area (Å²) >= 11 is 0. The first-order valence-electron chi connectivity index (χ1n) is 8.13. The predicted molar refractivity (Wildman–Crippen MR) is 96.2 cm³/mol. The minimum Gasteiger partial charge on any atom is -0.493 e. The van der Waals surface area contributed by atoms with Crippen LogP contribution in [0.1, 0.15) is 16.8 Å². The lowest BCUT2D eigenvalue weighted by Gasteiger charge is -2.12. The van der Waals surface area contributed by atoms with Crippen molar-refractivity contribution < 1.29 is 14.3 Å². The number of aryl methyl sites for hydroxylation is 1. The molecule has 0 atom stereocenters. The van der Waals surface area contributed by atoms with E-state index in [1.54, 1.807) is 31.5 Å².